The fourth-order valence-electron chi connectivity index (χ4n) is 2.00. The maximum atomic E-state index is 6.31. The van der Waals surface area contributed by atoms with Gasteiger partial charge in [-0.25, -0.2) is 0 Å². The van der Waals surface area contributed by atoms with Crippen LogP contribution in [0.1, 0.15) is 32.5 Å². The van der Waals surface area contributed by atoms with Gasteiger partial charge in [-0.3, -0.25) is 0 Å². The van der Waals surface area contributed by atoms with Crippen molar-refractivity contribution in [2.24, 2.45) is 5.73 Å². The van der Waals surface area contributed by atoms with Gasteiger partial charge in [-0.1, -0.05) is 23.7 Å². The lowest BCUT2D eigenvalue weighted by atomic mass is 9.98. The Labute approximate surface area is 111 Å². The molecule has 1 aromatic heterocycles. The molecule has 1 unspecified atom stereocenters. The van der Waals surface area contributed by atoms with Gasteiger partial charge in [-0.15, -0.1) is 11.3 Å². The Balaban J connectivity index is 2.40. The highest BCUT2D eigenvalue weighted by atomic mass is 35.5. The average Bonchev–Trinajstić information content (AvgIpc) is 2.61. The van der Waals surface area contributed by atoms with Crippen molar-refractivity contribution in [3.8, 4) is 0 Å². The van der Waals surface area contributed by atoms with Crippen molar-refractivity contribution in [1.29, 1.82) is 0 Å². The van der Waals surface area contributed by atoms with Gasteiger partial charge in [0.15, 0.2) is 0 Å². The maximum absolute atomic E-state index is 6.31. The predicted octanol–water partition coefficient (Wildman–Crippen LogP) is 4.37. The van der Waals surface area contributed by atoms with E-state index in [4.69, 9.17) is 17.3 Å². The van der Waals surface area contributed by atoms with E-state index in [0.29, 0.717) is 0 Å². The first-order valence-corrected chi connectivity index (χ1v) is 6.77. The molecule has 0 aliphatic carbocycles. The number of hydrogen-bond acceptors (Lipinski definition) is 2. The van der Waals surface area contributed by atoms with Gasteiger partial charge in [0, 0.05) is 14.8 Å². The van der Waals surface area contributed by atoms with Gasteiger partial charge in [0.05, 0.1) is 6.04 Å². The van der Waals surface area contributed by atoms with Crippen LogP contribution in [-0.4, -0.2) is 0 Å². The quantitative estimate of drug-likeness (QED) is 0.857. The highest BCUT2D eigenvalue weighted by molar-refractivity contribution is 7.12. The van der Waals surface area contributed by atoms with E-state index in [1.54, 1.807) is 11.3 Å². The van der Waals surface area contributed by atoms with Crippen LogP contribution in [0.3, 0.4) is 0 Å². The molecule has 0 aliphatic heterocycles. The van der Waals surface area contributed by atoms with E-state index in [-0.39, 0.29) is 6.04 Å². The monoisotopic (exact) mass is 265 g/mol. The summed E-state index contributed by atoms with van der Waals surface area (Å²) in [6, 6.07) is 8.11. The number of aryl methyl sites for hydroxylation is 3. The summed E-state index contributed by atoms with van der Waals surface area (Å²) in [4.78, 5) is 2.60. The van der Waals surface area contributed by atoms with Gasteiger partial charge < -0.3 is 5.73 Å². The fourth-order valence-corrected chi connectivity index (χ4v) is 3.09. The molecule has 2 N–H and O–H groups in total. The fraction of sp³-hybridized carbons (Fsp3) is 0.286. The second-order valence-corrected chi connectivity index (χ2v) is 6.22. The summed E-state index contributed by atoms with van der Waals surface area (Å²) in [7, 11) is 0. The van der Waals surface area contributed by atoms with Crippen LogP contribution in [0.5, 0.6) is 0 Å². The van der Waals surface area contributed by atoms with Crippen LogP contribution in [-0.2, 0) is 0 Å². The molecule has 1 aromatic carbocycles. The summed E-state index contributed by atoms with van der Waals surface area (Å²) in [5, 5.41) is 0.791. The largest absolute Gasteiger partial charge is 0.320 e. The molecule has 3 heteroatoms. The summed E-state index contributed by atoms with van der Waals surface area (Å²) >= 11 is 7.82. The highest BCUT2D eigenvalue weighted by Gasteiger charge is 2.14. The lowest BCUT2D eigenvalue weighted by Gasteiger charge is -2.13. The number of halogens is 1. The zero-order valence-corrected chi connectivity index (χ0v) is 11.8. The summed E-state index contributed by atoms with van der Waals surface area (Å²) in [6.45, 7) is 6.24. The molecular weight excluding hydrogens is 250 g/mol. The van der Waals surface area contributed by atoms with Crippen molar-refractivity contribution < 1.29 is 0 Å². The Bertz CT molecular complexity index is 545. The molecule has 0 saturated heterocycles. The molecule has 90 valence electrons. The molecule has 0 bridgehead atoms. The zero-order chi connectivity index (χ0) is 12.6. The van der Waals surface area contributed by atoms with E-state index in [1.165, 1.54) is 15.3 Å². The Morgan fingerprint density at radius 3 is 2.41 bits per heavy atom. The molecule has 2 rings (SSSR count). The maximum Gasteiger partial charge on any atom is 0.0562 e. The first kappa shape index (κ1) is 12.6. The summed E-state index contributed by atoms with van der Waals surface area (Å²) < 4.78 is 0. The van der Waals surface area contributed by atoms with Crippen molar-refractivity contribution >= 4 is 22.9 Å². The van der Waals surface area contributed by atoms with Gasteiger partial charge in [0.25, 0.3) is 0 Å². The lowest BCUT2D eigenvalue weighted by molar-refractivity contribution is 0.867. The van der Waals surface area contributed by atoms with Gasteiger partial charge >= 0.3 is 0 Å². The van der Waals surface area contributed by atoms with Crippen molar-refractivity contribution in [1.82, 2.24) is 0 Å². The number of thiophene rings is 1. The van der Waals surface area contributed by atoms with E-state index in [2.05, 4.69) is 26.0 Å². The summed E-state index contributed by atoms with van der Waals surface area (Å²) in [6.07, 6.45) is 0. The Morgan fingerprint density at radius 1 is 1.18 bits per heavy atom. The third-order valence-corrected chi connectivity index (χ3v) is 4.36. The molecule has 1 atom stereocenters. The molecule has 1 heterocycles. The predicted molar refractivity (Wildman–Crippen MR) is 76.0 cm³/mol. The molecule has 1 nitrogen and oxygen atoms in total. The topological polar surface area (TPSA) is 26.0 Å². The van der Waals surface area contributed by atoms with Crippen molar-refractivity contribution in [2.45, 2.75) is 26.8 Å². The number of benzene rings is 1. The molecular formula is C14H16ClNS. The molecule has 17 heavy (non-hydrogen) atoms. The van der Waals surface area contributed by atoms with Gasteiger partial charge in [-0.2, -0.15) is 0 Å². The minimum atomic E-state index is -0.0593. The summed E-state index contributed by atoms with van der Waals surface area (Å²) in [5.41, 5.74) is 9.72. The van der Waals surface area contributed by atoms with Crippen LogP contribution in [0.2, 0.25) is 5.02 Å². The van der Waals surface area contributed by atoms with Crippen molar-refractivity contribution in [3.63, 3.8) is 0 Å². The van der Waals surface area contributed by atoms with Crippen molar-refractivity contribution in [2.75, 3.05) is 0 Å². The zero-order valence-electron chi connectivity index (χ0n) is 10.3. The second kappa shape index (κ2) is 4.81. The Hall–Kier alpha value is -0.830. The smallest absolute Gasteiger partial charge is 0.0562 e. The Morgan fingerprint density at radius 2 is 1.88 bits per heavy atom. The minimum Gasteiger partial charge on any atom is -0.320 e. The third kappa shape index (κ3) is 2.54. The van der Waals surface area contributed by atoms with Crippen LogP contribution < -0.4 is 5.73 Å². The van der Waals surface area contributed by atoms with E-state index < -0.39 is 0 Å². The third-order valence-electron chi connectivity index (χ3n) is 2.96. The van der Waals surface area contributed by atoms with Crippen LogP contribution in [0, 0.1) is 20.8 Å². The molecule has 0 saturated carbocycles. The molecule has 0 amide bonds. The van der Waals surface area contributed by atoms with Crippen LogP contribution in [0.25, 0.3) is 0 Å². The number of rotatable bonds is 2. The highest BCUT2D eigenvalue weighted by Crippen LogP contribution is 2.30. The van der Waals surface area contributed by atoms with Crippen molar-refractivity contribution in [3.05, 3.63) is 55.7 Å². The van der Waals surface area contributed by atoms with Crippen LogP contribution in [0.4, 0.5) is 0 Å². The molecule has 0 spiro atoms. The van der Waals surface area contributed by atoms with E-state index in [1.807, 2.05) is 19.1 Å². The van der Waals surface area contributed by atoms with E-state index >= 15 is 0 Å². The van der Waals surface area contributed by atoms with Crippen LogP contribution in [0.15, 0.2) is 24.3 Å². The second-order valence-electron chi connectivity index (χ2n) is 4.35. The SMILES string of the molecule is Cc1cc(C(N)c2ccc(Cl)c(C)c2)c(C)s1. The first-order chi connectivity index (χ1) is 7.99. The normalized spacial score (nSPS) is 12.8. The number of hydrogen-bond donors (Lipinski definition) is 1. The van der Waals surface area contributed by atoms with E-state index in [0.717, 1.165) is 16.1 Å². The van der Waals surface area contributed by atoms with Gasteiger partial charge in [0.1, 0.15) is 0 Å². The van der Waals surface area contributed by atoms with Crippen LogP contribution >= 0.6 is 22.9 Å². The molecule has 0 radical (unpaired) electrons. The average molecular weight is 266 g/mol. The minimum absolute atomic E-state index is 0.0593. The van der Waals surface area contributed by atoms with Gasteiger partial charge in [-0.05, 0) is 49.6 Å². The first-order valence-electron chi connectivity index (χ1n) is 5.57. The molecule has 2 aromatic rings. The van der Waals surface area contributed by atoms with E-state index in [9.17, 15) is 0 Å². The molecule has 0 fully saturated rings. The standard InChI is InChI=1S/C14H16ClNS/c1-8-6-11(4-5-13(8)15)14(16)12-7-9(2)17-10(12)3/h4-7,14H,16H2,1-3H3. The van der Waals surface area contributed by atoms with Gasteiger partial charge in [0.2, 0.25) is 0 Å². The summed E-state index contributed by atoms with van der Waals surface area (Å²) in [5.74, 6) is 0. The lowest BCUT2D eigenvalue weighted by Crippen LogP contribution is -2.12. The molecule has 0 aliphatic rings. The number of nitrogens with two attached hydrogens (primary N) is 1. The Kier molecular flexibility index (Phi) is 3.57.